The molecular formula is C29H36N6O4S. The number of benzene rings is 1. The summed E-state index contributed by atoms with van der Waals surface area (Å²) >= 11 is 0. The van der Waals surface area contributed by atoms with Gasteiger partial charge in [0.2, 0.25) is 11.9 Å². The number of sulfone groups is 1. The highest BCUT2D eigenvalue weighted by Gasteiger charge is 2.31. The molecule has 212 valence electrons. The van der Waals surface area contributed by atoms with Crippen LogP contribution in [0.3, 0.4) is 0 Å². The minimum Gasteiger partial charge on any atom is -0.493 e. The first kappa shape index (κ1) is 27.9. The summed E-state index contributed by atoms with van der Waals surface area (Å²) in [5, 5.41) is 13.5. The predicted octanol–water partition coefficient (Wildman–Crippen LogP) is 3.97. The van der Waals surface area contributed by atoms with Crippen LogP contribution in [-0.4, -0.2) is 71.5 Å². The second-order valence-corrected chi connectivity index (χ2v) is 13.1. The molecule has 0 unspecified atom stereocenters. The molecule has 11 heteroatoms. The van der Waals surface area contributed by atoms with E-state index >= 15 is 0 Å². The summed E-state index contributed by atoms with van der Waals surface area (Å²) in [6.45, 7) is 1.72. The minimum absolute atomic E-state index is 0.0537. The third-order valence-corrected chi connectivity index (χ3v) is 8.93. The predicted molar refractivity (Wildman–Crippen MR) is 153 cm³/mol. The summed E-state index contributed by atoms with van der Waals surface area (Å²) in [6.07, 6.45) is 10.3. The van der Waals surface area contributed by atoms with Gasteiger partial charge in [0.15, 0.2) is 0 Å². The van der Waals surface area contributed by atoms with Gasteiger partial charge in [-0.05, 0) is 69.2 Å². The molecule has 3 aromatic rings. The van der Waals surface area contributed by atoms with Gasteiger partial charge in [0.1, 0.15) is 21.4 Å². The van der Waals surface area contributed by atoms with Gasteiger partial charge in [-0.15, -0.1) is 0 Å². The molecule has 1 N–H and O–H groups in total. The monoisotopic (exact) mass is 564 g/mol. The van der Waals surface area contributed by atoms with Crippen LogP contribution in [-0.2, 0) is 14.6 Å². The molecule has 2 aliphatic rings. The van der Waals surface area contributed by atoms with Gasteiger partial charge in [0, 0.05) is 55.0 Å². The molecule has 1 aromatic carbocycles. The standard InChI is InChI=1S/C29H36N6O4S/c1-40(37,38)19-3-18-39-26-5-2-4-25-24(26)13-17-35(25)27-10-14-31-29(33-27)32-23-8-6-22(7-9-23)28(36)34-15-11-21(20-30)12-16-34/h2,4-5,10,13-14,17,21-23H,3,6-9,11-12,15-16,18-19H2,1H3,(H,31,32,33). The first-order valence-electron chi connectivity index (χ1n) is 14.0. The van der Waals surface area contributed by atoms with Crippen molar-refractivity contribution < 1.29 is 17.9 Å². The topological polar surface area (TPSA) is 130 Å². The van der Waals surface area contributed by atoms with E-state index in [0.717, 1.165) is 55.2 Å². The van der Waals surface area contributed by atoms with E-state index in [2.05, 4.69) is 16.4 Å². The van der Waals surface area contributed by atoms with Gasteiger partial charge < -0.3 is 19.5 Å². The minimum atomic E-state index is -3.01. The van der Waals surface area contributed by atoms with Crippen LogP contribution in [0.2, 0.25) is 0 Å². The first-order chi connectivity index (χ1) is 19.3. The highest BCUT2D eigenvalue weighted by Crippen LogP contribution is 2.31. The van der Waals surface area contributed by atoms with Crippen LogP contribution in [0.4, 0.5) is 5.95 Å². The number of nitrogens with zero attached hydrogens (tertiary/aromatic N) is 5. The Balaban J connectivity index is 1.18. The zero-order chi connectivity index (χ0) is 28.1. The summed E-state index contributed by atoms with van der Waals surface area (Å²) in [5.41, 5.74) is 0.933. The Bertz CT molecular complexity index is 1480. The maximum Gasteiger partial charge on any atom is 0.225 e. The number of hydrogen-bond donors (Lipinski definition) is 1. The average Bonchev–Trinajstić information content (AvgIpc) is 3.40. The van der Waals surface area contributed by atoms with Gasteiger partial charge in [-0.3, -0.25) is 4.79 Å². The van der Waals surface area contributed by atoms with Crippen LogP contribution in [0.1, 0.15) is 44.9 Å². The number of ether oxygens (including phenoxy) is 1. The Labute approximate surface area is 235 Å². The van der Waals surface area contributed by atoms with Crippen LogP contribution in [0.25, 0.3) is 16.7 Å². The molecule has 2 aromatic heterocycles. The molecule has 1 aliphatic heterocycles. The molecule has 0 atom stereocenters. The summed E-state index contributed by atoms with van der Waals surface area (Å²) in [6, 6.07) is 12.2. The molecule has 2 fully saturated rings. The third-order valence-electron chi connectivity index (χ3n) is 7.90. The highest BCUT2D eigenvalue weighted by molar-refractivity contribution is 7.90. The highest BCUT2D eigenvalue weighted by atomic mass is 32.2. The van der Waals surface area contributed by atoms with Crippen molar-refractivity contribution in [3.05, 3.63) is 42.7 Å². The Kier molecular flexibility index (Phi) is 8.54. The number of rotatable bonds is 9. The molecule has 1 amide bonds. The number of nitriles is 1. The van der Waals surface area contributed by atoms with Gasteiger partial charge in [0.25, 0.3) is 0 Å². The van der Waals surface area contributed by atoms with Gasteiger partial charge in [0.05, 0.1) is 23.9 Å². The van der Waals surface area contributed by atoms with E-state index in [9.17, 15) is 13.2 Å². The molecular weight excluding hydrogens is 528 g/mol. The summed E-state index contributed by atoms with van der Waals surface area (Å²) in [7, 11) is -3.01. The smallest absolute Gasteiger partial charge is 0.225 e. The fourth-order valence-corrected chi connectivity index (χ4v) is 6.32. The molecule has 0 bridgehead atoms. The Morgan fingerprint density at radius 2 is 1.90 bits per heavy atom. The number of anilines is 1. The van der Waals surface area contributed by atoms with Crippen molar-refractivity contribution in [2.75, 3.05) is 37.0 Å². The maximum atomic E-state index is 13.0. The lowest BCUT2D eigenvalue weighted by atomic mass is 9.84. The van der Waals surface area contributed by atoms with E-state index in [-0.39, 0.29) is 29.5 Å². The van der Waals surface area contributed by atoms with E-state index in [1.807, 2.05) is 46.0 Å². The van der Waals surface area contributed by atoms with E-state index in [1.54, 1.807) is 6.20 Å². The van der Waals surface area contributed by atoms with Crippen molar-refractivity contribution in [2.24, 2.45) is 11.8 Å². The van der Waals surface area contributed by atoms with Crippen LogP contribution < -0.4 is 10.1 Å². The second-order valence-electron chi connectivity index (χ2n) is 10.9. The van der Waals surface area contributed by atoms with Gasteiger partial charge in [-0.1, -0.05) is 6.07 Å². The number of likely N-dealkylation sites (tertiary alicyclic amines) is 1. The number of aromatic nitrogens is 3. The maximum absolute atomic E-state index is 13.0. The van der Waals surface area contributed by atoms with E-state index in [4.69, 9.17) is 15.0 Å². The Morgan fingerprint density at radius 3 is 2.62 bits per heavy atom. The summed E-state index contributed by atoms with van der Waals surface area (Å²) < 4.78 is 30.7. The van der Waals surface area contributed by atoms with E-state index in [1.165, 1.54) is 6.26 Å². The van der Waals surface area contributed by atoms with Crippen LogP contribution in [0.5, 0.6) is 5.75 Å². The largest absolute Gasteiger partial charge is 0.493 e. The fraction of sp³-hybridized carbons (Fsp3) is 0.517. The van der Waals surface area contributed by atoms with Crippen LogP contribution in [0, 0.1) is 23.2 Å². The quantitative estimate of drug-likeness (QED) is 0.387. The third kappa shape index (κ3) is 6.73. The Morgan fingerprint density at radius 1 is 1.12 bits per heavy atom. The van der Waals surface area contributed by atoms with E-state index in [0.29, 0.717) is 37.8 Å². The molecule has 0 radical (unpaired) electrons. The Hall–Kier alpha value is -3.65. The lowest BCUT2D eigenvalue weighted by molar-refractivity contribution is -0.137. The number of hydrogen-bond acceptors (Lipinski definition) is 8. The molecule has 1 saturated carbocycles. The molecule has 1 saturated heterocycles. The molecule has 40 heavy (non-hydrogen) atoms. The second kappa shape index (κ2) is 12.3. The molecule has 10 nitrogen and oxygen atoms in total. The van der Waals surface area contributed by atoms with Gasteiger partial charge in [-0.25, -0.2) is 13.4 Å². The number of fused-ring (bicyclic) bond motifs is 1. The van der Waals surface area contributed by atoms with E-state index < -0.39 is 9.84 Å². The number of nitrogens with one attached hydrogen (secondary N) is 1. The first-order valence-corrected chi connectivity index (χ1v) is 16.1. The van der Waals surface area contributed by atoms with Crippen LogP contribution in [0.15, 0.2) is 42.7 Å². The molecule has 0 spiro atoms. The van der Waals surface area contributed by atoms with Gasteiger partial charge in [-0.2, -0.15) is 10.2 Å². The zero-order valence-electron chi connectivity index (χ0n) is 22.8. The number of amides is 1. The summed E-state index contributed by atoms with van der Waals surface area (Å²) in [4.78, 5) is 24.2. The zero-order valence-corrected chi connectivity index (χ0v) is 23.6. The van der Waals surface area contributed by atoms with Crippen LogP contribution >= 0.6 is 0 Å². The lowest BCUT2D eigenvalue weighted by Crippen LogP contribution is -2.43. The lowest BCUT2D eigenvalue weighted by Gasteiger charge is -2.35. The number of piperidine rings is 1. The normalized spacial score (nSPS) is 20.2. The molecule has 3 heterocycles. The van der Waals surface area contributed by atoms with Gasteiger partial charge >= 0.3 is 0 Å². The number of carbonyl (C=O) groups excluding carboxylic acids is 1. The van der Waals surface area contributed by atoms with Crippen molar-refractivity contribution in [3.63, 3.8) is 0 Å². The average molecular weight is 565 g/mol. The fourth-order valence-electron chi connectivity index (χ4n) is 5.68. The number of carbonyl (C=O) groups is 1. The molecule has 1 aliphatic carbocycles. The van der Waals surface area contributed by atoms with Crippen molar-refractivity contribution in [2.45, 2.75) is 51.0 Å². The van der Waals surface area contributed by atoms with Crippen molar-refractivity contribution >= 4 is 32.6 Å². The van der Waals surface area contributed by atoms with Crippen molar-refractivity contribution in [1.29, 1.82) is 5.26 Å². The van der Waals surface area contributed by atoms with Crippen molar-refractivity contribution in [1.82, 2.24) is 19.4 Å². The van der Waals surface area contributed by atoms with Crippen molar-refractivity contribution in [3.8, 4) is 17.6 Å². The SMILES string of the molecule is CS(=O)(=O)CCCOc1cccc2c1ccn2-c1ccnc(NC2CCC(C(=O)N3CCC(C#N)CC3)CC2)n1. The summed E-state index contributed by atoms with van der Waals surface area (Å²) in [5.74, 6) is 2.47. The molecule has 5 rings (SSSR count).